The van der Waals surface area contributed by atoms with Crippen LogP contribution in [0.3, 0.4) is 0 Å². The number of halogens is 5. The molecule has 27 heteroatoms. The summed E-state index contributed by atoms with van der Waals surface area (Å²) in [5.74, 6) is -6.48. The van der Waals surface area contributed by atoms with Crippen molar-refractivity contribution in [1.29, 1.82) is 0 Å². The third kappa shape index (κ3) is 32.7. The molecule has 0 saturated carbocycles. The quantitative estimate of drug-likeness (QED) is 0.0249. The van der Waals surface area contributed by atoms with Crippen molar-refractivity contribution in [2.75, 3.05) is 126 Å². The number of carbonyl (C=O) groups is 8. The van der Waals surface area contributed by atoms with Crippen molar-refractivity contribution in [3.05, 3.63) is 12.7 Å². The molecule has 0 rings (SSSR count). The van der Waals surface area contributed by atoms with E-state index in [2.05, 4.69) is 91.5 Å². The van der Waals surface area contributed by atoms with Gasteiger partial charge in [0.15, 0.2) is 0 Å². The van der Waals surface area contributed by atoms with E-state index in [4.69, 9.17) is 61.6 Å². The van der Waals surface area contributed by atoms with Crippen LogP contribution in [0.1, 0.15) is 83.1 Å². The number of ether oxygens (including phenoxy) is 13. The molecule has 0 aliphatic rings. The number of hydrogen-bond acceptors (Lipinski definition) is 21. The Bertz CT molecular complexity index is 1770. The summed E-state index contributed by atoms with van der Waals surface area (Å²) in [7, 11) is 0. The largest absolute Gasteiger partial charge is 0.464 e. The fourth-order valence-corrected chi connectivity index (χ4v) is 5.54. The third-order valence-corrected chi connectivity index (χ3v) is 11.2. The summed E-state index contributed by atoms with van der Waals surface area (Å²) in [6.45, 7) is 19.0. The first-order chi connectivity index (χ1) is 34.8. The van der Waals surface area contributed by atoms with Crippen molar-refractivity contribution in [2.24, 2.45) is 10.8 Å². The fraction of sp³-hybridized carbons (Fsp3) is 0.796. The van der Waals surface area contributed by atoms with Crippen molar-refractivity contribution >= 4 is 127 Å². The first-order valence-corrected chi connectivity index (χ1v) is 27.8. The SMILES string of the molecule is C=CCOCCOCCOCCOCCOCC(C)(COC(=O)COCC(=O)NC(COC(=O)C(C)(C)Br)(COC(=O)C(C)(C)Br)COC(=O)C(C)(C)Br)COC(=O)C(C)(COC(=O)C(C)(C)Br)COC(=O)C(C)(C)Br. The van der Waals surface area contributed by atoms with Gasteiger partial charge >= 0.3 is 41.8 Å². The molecule has 0 saturated heterocycles. The molecule has 1 unspecified atom stereocenters. The predicted molar refractivity (Wildman–Crippen MR) is 294 cm³/mol. The van der Waals surface area contributed by atoms with Crippen molar-refractivity contribution in [3.8, 4) is 0 Å². The molecule has 0 aromatic heterocycles. The molecule has 22 nitrogen and oxygen atoms in total. The summed E-state index contributed by atoms with van der Waals surface area (Å²) in [6.07, 6.45) is 1.65. The van der Waals surface area contributed by atoms with E-state index < -0.39 is 145 Å². The van der Waals surface area contributed by atoms with Crippen LogP contribution >= 0.6 is 79.6 Å². The van der Waals surface area contributed by atoms with Crippen LogP contribution in [0.25, 0.3) is 0 Å². The van der Waals surface area contributed by atoms with Crippen LogP contribution in [-0.4, -0.2) is 200 Å². The van der Waals surface area contributed by atoms with E-state index in [1.807, 2.05) is 0 Å². The number of nitrogens with one attached hydrogen (secondary N) is 1. The van der Waals surface area contributed by atoms with Gasteiger partial charge in [-0.15, -0.1) is 6.58 Å². The lowest BCUT2D eigenvalue weighted by Crippen LogP contribution is -2.61. The van der Waals surface area contributed by atoms with E-state index in [9.17, 15) is 38.4 Å². The summed E-state index contributed by atoms with van der Waals surface area (Å²) >= 11 is 16.1. The normalized spacial score (nSPS) is 13.4. The molecule has 440 valence electrons. The number of carbonyl (C=O) groups excluding carboxylic acids is 8. The van der Waals surface area contributed by atoms with E-state index in [0.717, 1.165) is 0 Å². The van der Waals surface area contributed by atoms with Crippen molar-refractivity contribution in [2.45, 2.75) is 110 Å². The Hall–Kier alpha value is -2.34. The minimum atomic E-state index is -1.86. The third-order valence-electron chi connectivity index (χ3n) is 9.57. The lowest BCUT2D eigenvalue weighted by atomic mass is 9.91. The Kier molecular flexibility index (Phi) is 33.7. The highest BCUT2D eigenvalue weighted by Crippen LogP contribution is 2.29. The van der Waals surface area contributed by atoms with Gasteiger partial charge in [-0.1, -0.05) is 92.6 Å². The topological polar surface area (TPSA) is 269 Å². The summed E-state index contributed by atoms with van der Waals surface area (Å²) in [5.41, 5.74) is -4.83. The molecular weight excluding hydrogens is 1340 g/mol. The van der Waals surface area contributed by atoms with Crippen LogP contribution in [0.15, 0.2) is 12.7 Å². The molecule has 0 fully saturated rings. The lowest BCUT2D eigenvalue weighted by molar-refractivity contribution is -0.176. The first kappa shape index (κ1) is 73.7. The monoisotopic (exact) mass is 1410 g/mol. The van der Waals surface area contributed by atoms with Gasteiger partial charge in [0.2, 0.25) is 5.91 Å². The maximum Gasteiger partial charge on any atom is 0.332 e. The van der Waals surface area contributed by atoms with Gasteiger partial charge in [0, 0.05) is 0 Å². The van der Waals surface area contributed by atoms with E-state index in [1.165, 1.54) is 48.5 Å². The van der Waals surface area contributed by atoms with Gasteiger partial charge in [0.1, 0.15) is 92.0 Å². The molecular formula is C49H78Br5NO21. The molecule has 0 heterocycles. The van der Waals surface area contributed by atoms with Gasteiger partial charge in [-0.25, -0.2) is 4.79 Å². The number of esters is 7. The zero-order valence-corrected chi connectivity index (χ0v) is 53.6. The van der Waals surface area contributed by atoms with E-state index in [0.29, 0.717) is 33.0 Å². The summed E-state index contributed by atoms with van der Waals surface area (Å²) < 4.78 is 66.0. The standard InChI is InChI=1S/C49H78Br5NO21/c1-14-15-64-16-17-65-18-19-66-20-21-67-22-23-68-26-47(12,28-71-41(63)48(13,29-72-36(58)42(2,3)50)30-73-37(59)43(4,5)51)27-70-35(57)25-69-24-34(56)55-49(31-74-38(60)44(6,7)52,32-75-39(61)45(8,9)53)33-76-40(62)46(10,11)54/h14H,1,15-33H2,2-13H3,(H,55,56). The van der Waals surface area contributed by atoms with Crippen molar-refractivity contribution in [3.63, 3.8) is 0 Å². The van der Waals surface area contributed by atoms with Crippen LogP contribution in [0.2, 0.25) is 0 Å². The number of amides is 1. The maximum absolute atomic E-state index is 13.9. The van der Waals surface area contributed by atoms with Crippen LogP contribution < -0.4 is 5.32 Å². The highest BCUT2D eigenvalue weighted by Gasteiger charge is 2.44. The van der Waals surface area contributed by atoms with Gasteiger partial charge in [-0.2, -0.15) is 0 Å². The van der Waals surface area contributed by atoms with Gasteiger partial charge < -0.3 is 66.9 Å². The second-order valence-corrected chi connectivity index (χ2v) is 30.3. The van der Waals surface area contributed by atoms with Crippen LogP contribution in [0.4, 0.5) is 0 Å². The van der Waals surface area contributed by atoms with Crippen LogP contribution in [0.5, 0.6) is 0 Å². The summed E-state index contributed by atoms with van der Waals surface area (Å²) in [6, 6.07) is 0. The molecule has 1 N–H and O–H groups in total. The molecule has 0 aromatic rings. The Balaban J connectivity index is 6.20. The molecule has 1 atom stereocenters. The van der Waals surface area contributed by atoms with E-state index >= 15 is 0 Å². The zero-order chi connectivity index (χ0) is 58.7. The minimum absolute atomic E-state index is 0.0620. The number of alkyl halides is 5. The van der Waals surface area contributed by atoms with Crippen LogP contribution in [0, 0.1) is 10.8 Å². The van der Waals surface area contributed by atoms with E-state index in [-0.39, 0.29) is 33.0 Å². The number of hydrogen-bond donors (Lipinski definition) is 1. The maximum atomic E-state index is 13.9. The number of rotatable bonds is 41. The van der Waals surface area contributed by atoms with Gasteiger partial charge in [-0.3, -0.25) is 33.6 Å². The highest BCUT2D eigenvalue weighted by molar-refractivity contribution is 9.11. The molecule has 1 amide bonds. The molecule has 76 heavy (non-hydrogen) atoms. The van der Waals surface area contributed by atoms with Gasteiger partial charge in [-0.05, 0) is 76.2 Å². The van der Waals surface area contributed by atoms with E-state index in [1.54, 1.807) is 40.7 Å². The second-order valence-electron chi connectivity index (χ2n) is 20.4. The molecule has 0 aromatic carbocycles. The second kappa shape index (κ2) is 34.7. The highest BCUT2D eigenvalue weighted by atomic mass is 79.9. The Morgan fingerprint density at radius 3 is 1.05 bits per heavy atom. The molecule has 0 radical (unpaired) electrons. The molecule has 0 bridgehead atoms. The zero-order valence-electron chi connectivity index (χ0n) is 45.7. The average molecular weight is 1420 g/mol. The molecule has 0 aliphatic carbocycles. The molecule has 0 spiro atoms. The average Bonchev–Trinajstić information content (AvgIpc) is 3.30. The fourth-order valence-electron chi connectivity index (χ4n) is 4.97. The smallest absolute Gasteiger partial charge is 0.332 e. The Morgan fingerprint density at radius 2 is 0.697 bits per heavy atom. The van der Waals surface area contributed by atoms with Gasteiger partial charge in [0.05, 0.1) is 71.5 Å². The summed E-state index contributed by atoms with van der Waals surface area (Å²) in [4.78, 5) is 105. The predicted octanol–water partition coefficient (Wildman–Crippen LogP) is 5.81. The Morgan fingerprint density at radius 1 is 0.382 bits per heavy atom. The first-order valence-electron chi connectivity index (χ1n) is 23.8. The van der Waals surface area contributed by atoms with Gasteiger partial charge in [0.25, 0.3) is 0 Å². The van der Waals surface area contributed by atoms with Crippen molar-refractivity contribution in [1.82, 2.24) is 5.32 Å². The summed E-state index contributed by atoms with van der Waals surface area (Å²) in [5, 5.41) is 2.58. The lowest BCUT2D eigenvalue weighted by Gasteiger charge is -2.35. The molecule has 0 aliphatic heterocycles. The van der Waals surface area contributed by atoms with Crippen molar-refractivity contribution < 1.29 is 99.9 Å². The minimum Gasteiger partial charge on any atom is -0.464 e. The van der Waals surface area contributed by atoms with Crippen LogP contribution in [-0.2, 0) is 99.9 Å². The Labute approximate surface area is 488 Å².